The first kappa shape index (κ1) is 36.6. The van der Waals surface area contributed by atoms with Crippen molar-refractivity contribution in [1.29, 1.82) is 0 Å². The Balaban J connectivity index is 1.70. The zero-order valence-electron chi connectivity index (χ0n) is 29.1. The van der Waals surface area contributed by atoms with Gasteiger partial charge in [-0.25, -0.2) is 0 Å². The molecule has 1 unspecified atom stereocenters. The molecule has 1 aromatic heterocycles. The van der Waals surface area contributed by atoms with Crippen LogP contribution in [-0.4, -0.2) is 11.6 Å². The fourth-order valence-electron chi connectivity index (χ4n) is 6.38. The number of rotatable bonds is 23. The number of ketones is 2. The van der Waals surface area contributed by atoms with Gasteiger partial charge in [-0.2, -0.15) is 0 Å². The van der Waals surface area contributed by atoms with Gasteiger partial charge >= 0.3 is 0 Å². The van der Waals surface area contributed by atoms with Crippen molar-refractivity contribution in [3.63, 3.8) is 0 Å². The number of allylic oxidation sites excluding steroid dienone is 7. The lowest BCUT2D eigenvalue weighted by Crippen LogP contribution is -2.21. The van der Waals surface area contributed by atoms with Gasteiger partial charge in [0, 0.05) is 42.1 Å². The second-order valence-corrected chi connectivity index (χ2v) is 13.8. The van der Waals surface area contributed by atoms with E-state index < -0.39 is 0 Å². The molecular formula is C41H61NO3. The first-order valence-corrected chi connectivity index (χ1v) is 18.1. The van der Waals surface area contributed by atoms with Crippen LogP contribution in [0.5, 0.6) is 0 Å². The van der Waals surface area contributed by atoms with Crippen LogP contribution in [0.4, 0.5) is 0 Å². The second-order valence-electron chi connectivity index (χ2n) is 13.8. The third-order valence-corrected chi connectivity index (χ3v) is 9.44. The number of hydrogen-bond acceptors (Lipinski definition) is 4. The molecule has 4 nitrogen and oxygen atoms in total. The van der Waals surface area contributed by atoms with E-state index in [0.29, 0.717) is 42.8 Å². The van der Waals surface area contributed by atoms with Gasteiger partial charge in [0.2, 0.25) is 0 Å². The Hall–Kier alpha value is -2.88. The number of Topliss-reactive ketones (excluding diaryl/α,β-unsaturated/α-hetero) is 2. The molecule has 0 aliphatic heterocycles. The minimum atomic E-state index is 0.248. The maximum absolute atomic E-state index is 13.4. The summed E-state index contributed by atoms with van der Waals surface area (Å²) < 4.78 is 5.87. The summed E-state index contributed by atoms with van der Waals surface area (Å²) in [4.78, 5) is 25.5. The Morgan fingerprint density at radius 1 is 1.00 bits per heavy atom. The van der Waals surface area contributed by atoms with Crippen molar-refractivity contribution < 1.29 is 14.0 Å². The molecule has 45 heavy (non-hydrogen) atoms. The monoisotopic (exact) mass is 615 g/mol. The van der Waals surface area contributed by atoms with Crippen LogP contribution in [-0.2, 0) is 9.59 Å². The van der Waals surface area contributed by atoms with Gasteiger partial charge in [0.05, 0.1) is 6.26 Å². The smallest absolute Gasteiger partial charge is 0.158 e. The maximum Gasteiger partial charge on any atom is 0.158 e. The zero-order chi connectivity index (χ0) is 32.6. The van der Waals surface area contributed by atoms with Gasteiger partial charge in [-0.05, 0) is 119 Å². The molecule has 1 heterocycles. The molecular weight excluding hydrogens is 554 g/mol. The minimum absolute atomic E-state index is 0.248. The molecule has 2 aliphatic carbocycles. The Bertz CT molecular complexity index is 1230. The summed E-state index contributed by atoms with van der Waals surface area (Å²) >= 11 is 0. The fourth-order valence-corrected chi connectivity index (χ4v) is 6.38. The van der Waals surface area contributed by atoms with E-state index in [2.05, 4.69) is 76.9 Å². The number of nitrogens with one attached hydrogen (secondary N) is 1. The summed E-state index contributed by atoms with van der Waals surface area (Å²) in [5.41, 5.74) is 6.77. The lowest BCUT2D eigenvalue weighted by Gasteiger charge is -2.28. The molecule has 0 amide bonds. The van der Waals surface area contributed by atoms with Crippen LogP contribution in [0.15, 0.2) is 70.0 Å². The second kappa shape index (κ2) is 19.6. The van der Waals surface area contributed by atoms with Crippen molar-refractivity contribution in [3.8, 4) is 0 Å². The lowest BCUT2D eigenvalue weighted by atomic mass is 9.80. The number of carbonyl (C=O) groups excluding carboxylic acids is 2. The first-order chi connectivity index (χ1) is 21.7. The highest BCUT2D eigenvalue weighted by Crippen LogP contribution is 2.41. The van der Waals surface area contributed by atoms with Crippen LogP contribution >= 0.6 is 0 Å². The molecule has 1 aromatic rings. The largest absolute Gasteiger partial charge is 0.468 e. The summed E-state index contributed by atoms with van der Waals surface area (Å²) in [7, 11) is 0. The topological polar surface area (TPSA) is 59.3 Å². The minimum Gasteiger partial charge on any atom is -0.468 e. The number of carbonyl (C=O) groups is 2. The van der Waals surface area contributed by atoms with Crippen molar-refractivity contribution in [2.75, 3.05) is 0 Å². The summed E-state index contributed by atoms with van der Waals surface area (Å²) in [6.45, 7) is 15.3. The highest BCUT2D eigenvalue weighted by atomic mass is 16.3. The summed E-state index contributed by atoms with van der Waals surface area (Å²) in [6.07, 6.45) is 27.0. The molecule has 4 heteroatoms. The highest BCUT2D eigenvalue weighted by Gasteiger charge is 2.28. The van der Waals surface area contributed by atoms with Gasteiger partial charge < -0.3 is 9.73 Å². The van der Waals surface area contributed by atoms with E-state index in [1.807, 2.05) is 6.26 Å². The third kappa shape index (κ3) is 12.8. The van der Waals surface area contributed by atoms with E-state index in [9.17, 15) is 9.59 Å². The summed E-state index contributed by atoms with van der Waals surface area (Å²) in [5.74, 6) is 3.28. The predicted molar refractivity (Wildman–Crippen MR) is 190 cm³/mol. The summed E-state index contributed by atoms with van der Waals surface area (Å²) in [6, 6.07) is 2.13. The van der Waals surface area contributed by atoms with Crippen molar-refractivity contribution in [2.24, 2.45) is 11.8 Å². The van der Waals surface area contributed by atoms with E-state index in [1.165, 1.54) is 30.4 Å². The molecule has 0 bridgehead atoms. The Morgan fingerprint density at radius 2 is 1.78 bits per heavy atom. The predicted octanol–water partition coefficient (Wildman–Crippen LogP) is 11.7. The van der Waals surface area contributed by atoms with Crippen LogP contribution in [0.1, 0.15) is 161 Å². The van der Waals surface area contributed by atoms with Crippen LogP contribution in [0.2, 0.25) is 0 Å². The Labute approximate surface area is 274 Å². The Morgan fingerprint density at radius 3 is 2.47 bits per heavy atom. The van der Waals surface area contributed by atoms with E-state index >= 15 is 0 Å². The first-order valence-electron chi connectivity index (χ1n) is 18.1. The standard InChI is InChI=1S/C41H61NO3/c1-7-10-16-32(9-3)17-14-18-33(15-8-2)38-26-24-35(40(44)20-13-11-12-19-37(43)25-21-30(4)5)27-39(38)42-31(6)36-28-41(45-29-36)34-22-23-34/h7,10,16,27-30,33-34,42H,6,8-9,11-15,17-26H2,1-5H3/b10-7-,32-16+. The van der Waals surface area contributed by atoms with Crippen molar-refractivity contribution >= 4 is 17.3 Å². The van der Waals surface area contributed by atoms with Crippen LogP contribution in [0.3, 0.4) is 0 Å². The molecule has 0 aromatic carbocycles. The van der Waals surface area contributed by atoms with E-state index in [-0.39, 0.29) is 5.78 Å². The molecule has 0 radical (unpaired) electrons. The molecule has 1 atom stereocenters. The fraction of sp³-hybridized carbons (Fsp3) is 0.610. The van der Waals surface area contributed by atoms with Crippen molar-refractivity contribution in [1.82, 2.24) is 5.32 Å². The molecule has 1 saturated carbocycles. The SMILES string of the molecule is C=C(NC1=C(C(CCC)CCC/C(=C/C=C\C)CC)CCC(C(=O)CCCCCC(=O)CCC(C)C)=C1)c1coc(C2CC2)c1. The van der Waals surface area contributed by atoms with Gasteiger partial charge in [0.25, 0.3) is 0 Å². The van der Waals surface area contributed by atoms with Crippen molar-refractivity contribution in [2.45, 2.75) is 150 Å². The average molecular weight is 616 g/mol. The van der Waals surface area contributed by atoms with Gasteiger partial charge in [-0.15, -0.1) is 0 Å². The molecule has 3 rings (SSSR count). The molecule has 1 N–H and O–H groups in total. The number of unbranched alkanes of at least 4 members (excludes halogenated alkanes) is 2. The average Bonchev–Trinajstić information content (AvgIpc) is 3.76. The number of furan rings is 1. The highest BCUT2D eigenvalue weighted by molar-refractivity contribution is 5.96. The van der Waals surface area contributed by atoms with E-state index in [1.54, 1.807) is 0 Å². The normalized spacial score (nSPS) is 16.4. The van der Waals surface area contributed by atoms with E-state index in [0.717, 1.165) is 98.9 Å². The molecule has 1 fully saturated rings. The maximum atomic E-state index is 13.4. The van der Waals surface area contributed by atoms with Gasteiger partial charge in [0.1, 0.15) is 11.5 Å². The van der Waals surface area contributed by atoms with Gasteiger partial charge in [-0.1, -0.05) is 70.9 Å². The summed E-state index contributed by atoms with van der Waals surface area (Å²) in [5, 5.41) is 3.67. The van der Waals surface area contributed by atoms with E-state index in [4.69, 9.17) is 4.42 Å². The molecule has 2 aliphatic rings. The van der Waals surface area contributed by atoms with Gasteiger partial charge in [-0.3, -0.25) is 9.59 Å². The van der Waals surface area contributed by atoms with Crippen LogP contribution < -0.4 is 5.32 Å². The van der Waals surface area contributed by atoms with Crippen molar-refractivity contribution in [3.05, 3.63) is 77.0 Å². The quantitative estimate of drug-likeness (QED) is 0.0982. The molecule has 0 spiro atoms. The number of hydrogen-bond donors (Lipinski definition) is 1. The van der Waals surface area contributed by atoms with Crippen LogP contribution in [0.25, 0.3) is 5.70 Å². The van der Waals surface area contributed by atoms with Gasteiger partial charge in [0.15, 0.2) is 5.78 Å². The van der Waals surface area contributed by atoms with Crippen LogP contribution in [0, 0.1) is 11.8 Å². The molecule has 248 valence electrons. The lowest BCUT2D eigenvalue weighted by molar-refractivity contribution is -0.119. The zero-order valence-corrected chi connectivity index (χ0v) is 29.1. The Kier molecular flexibility index (Phi) is 15.9. The molecule has 0 saturated heterocycles. The third-order valence-electron chi connectivity index (χ3n) is 9.44.